The second-order valence-electron chi connectivity index (χ2n) is 4.20. The minimum atomic E-state index is -0.531. The van der Waals surface area contributed by atoms with Crippen LogP contribution in [0.3, 0.4) is 0 Å². The smallest absolute Gasteiger partial charge is 0.252 e. The Labute approximate surface area is 110 Å². The fraction of sp³-hybridized carbons (Fsp3) is 0.200. The van der Waals surface area contributed by atoms with Gasteiger partial charge in [0.1, 0.15) is 11.9 Å². The van der Waals surface area contributed by atoms with Crippen LogP contribution in [0, 0.1) is 17.1 Å². The van der Waals surface area contributed by atoms with Crippen molar-refractivity contribution in [2.45, 2.75) is 19.4 Å². The van der Waals surface area contributed by atoms with Gasteiger partial charge in [0.15, 0.2) is 0 Å². The van der Waals surface area contributed by atoms with E-state index in [4.69, 9.17) is 5.26 Å². The molecule has 1 atom stereocenters. The maximum Gasteiger partial charge on any atom is 0.252 e. The number of hydrogen-bond acceptors (Lipinski definition) is 2. The Morgan fingerprint density at radius 3 is 2.63 bits per heavy atom. The highest BCUT2D eigenvalue weighted by Gasteiger charge is 2.15. The number of halogens is 1. The number of nitriles is 1. The number of hydrogen-bond donors (Lipinski definition) is 1. The molecule has 0 aromatic heterocycles. The van der Waals surface area contributed by atoms with Crippen molar-refractivity contribution in [3.63, 3.8) is 0 Å². The van der Waals surface area contributed by atoms with Gasteiger partial charge >= 0.3 is 0 Å². The van der Waals surface area contributed by atoms with Crippen LogP contribution in [0.1, 0.15) is 23.7 Å². The summed E-state index contributed by atoms with van der Waals surface area (Å²) in [4.78, 5) is 12.1. The minimum absolute atomic E-state index is 0.357. The van der Waals surface area contributed by atoms with E-state index in [1.165, 1.54) is 12.1 Å². The molecule has 1 amide bonds. The molecular formula is C15H13FN2O. The van der Waals surface area contributed by atoms with E-state index in [9.17, 15) is 9.18 Å². The van der Waals surface area contributed by atoms with Crippen LogP contribution in [-0.4, -0.2) is 11.9 Å². The topological polar surface area (TPSA) is 52.9 Å². The van der Waals surface area contributed by atoms with Crippen molar-refractivity contribution in [3.05, 3.63) is 47.8 Å². The quantitative estimate of drug-likeness (QED) is 0.917. The Balaban J connectivity index is 2.44. The van der Waals surface area contributed by atoms with E-state index < -0.39 is 6.04 Å². The molecule has 1 N–H and O–H groups in total. The molecule has 0 saturated carbocycles. The Kier molecular flexibility index (Phi) is 3.76. The molecular weight excluding hydrogens is 243 g/mol. The summed E-state index contributed by atoms with van der Waals surface area (Å²) in [5.74, 6) is -0.718. The SMILES string of the molecule is CCC(C#N)NC(=O)c1ccc(F)c2ccccc12. The van der Waals surface area contributed by atoms with E-state index in [-0.39, 0.29) is 11.7 Å². The lowest BCUT2D eigenvalue weighted by Crippen LogP contribution is -2.33. The average Bonchev–Trinajstić information content (AvgIpc) is 2.45. The Hall–Kier alpha value is -2.41. The standard InChI is InChI=1S/C15H13FN2O/c1-2-10(9-17)18-15(19)13-7-8-14(16)12-6-4-3-5-11(12)13/h3-8,10H,2H2,1H3,(H,18,19). The summed E-state index contributed by atoms with van der Waals surface area (Å²) in [6, 6.07) is 11.0. The first-order chi connectivity index (χ1) is 9.17. The summed E-state index contributed by atoms with van der Waals surface area (Å²) in [5, 5.41) is 12.4. The lowest BCUT2D eigenvalue weighted by atomic mass is 10.0. The first-order valence-electron chi connectivity index (χ1n) is 6.05. The van der Waals surface area contributed by atoms with Crippen LogP contribution in [-0.2, 0) is 0 Å². The first-order valence-corrected chi connectivity index (χ1v) is 6.05. The van der Waals surface area contributed by atoms with Crippen LogP contribution in [0.4, 0.5) is 4.39 Å². The minimum Gasteiger partial charge on any atom is -0.336 e. The van der Waals surface area contributed by atoms with Crippen LogP contribution in [0.5, 0.6) is 0 Å². The number of carbonyl (C=O) groups is 1. The largest absolute Gasteiger partial charge is 0.336 e. The molecule has 0 aliphatic rings. The van der Waals surface area contributed by atoms with Gasteiger partial charge in [0.05, 0.1) is 6.07 Å². The van der Waals surface area contributed by atoms with Crippen molar-refractivity contribution < 1.29 is 9.18 Å². The highest BCUT2D eigenvalue weighted by molar-refractivity contribution is 6.07. The number of nitrogens with one attached hydrogen (secondary N) is 1. The summed E-state index contributed by atoms with van der Waals surface area (Å²) >= 11 is 0. The molecule has 0 fully saturated rings. The van der Waals surface area contributed by atoms with Gasteiger partial charge in [0.25, 0.3) is 5.91 Å². The fourth-order valence-corrected chi connectivity index (χ4v) is 1.92. The van der Waals surface area contributed by atoms with Crippen molar-refractivity contribution in [1.29, 1.82) is 5.26 Å². The summed E-state index contributed by atoms with van der Waals surface area (Å²) in [7, 11) is 0. The number of fused-ring (bicyclic) bond motifs is 1. The van der Waals surface area contributed by atoms with Crippen molar-refractivity contribution in [2.24, 2.45) is 0 Å². The summed E-state index contributed by atoms with van der Waals surface area (Å²) in [6.45, 7) is 1.82. The van der Waals surface area contributed by atoms with Crippen molar-refractivity contribution in [3.8, 4) is 6.07 Å². The molecule has 0 spiro atoms. The second-order valence-corrected chi connectivity index (χ2v) is 4.20. The lowest BCUT2D eigenvalue weighted by Gasteiger charge is -2.11. The van der Waals surface area contributed by atoms with Gasteiger partial charge in [-0.05, 0) is 23.9 Å². The summed E-state index contributed by atoms with van der Waals surface area (Å²) in [5.41, 5.74) is 0.380. The highest BCUT2D eigenvalue weighted by atomic mass is 19.1. The lowest BCUT2D eigenvalue weighted by molar-refractivity contribution is 0.0946. The van der Waals surface area contributed by atoms with Crippen molar-refractivity contribution in [1.82, 2.24) is 5.32 Å². The van der Waals surface area contributed by atoms with E-state index in [2.05, 4.69) is 5.32 Å². The number of rotatable bonds is 3. The van der Waals surface area contributed by atoms with Gasteiger partial charge in [0, 0.05) is 10.9 Å². The highest BCUT2D eigenvalue weighted by Crippen LogP contribution is 2.21. The second kappa shape index (κ2) is 5.49. The van der Waals surface area contributed by atoms with Crippen LogP contribution >= 0.6 is 0 Å². The summed E-state index contributed by atoms with van der Waals surface area (Å²) < 4.78 is 13.6. The zero-order valence-electron chi connectivity index (χ0n) is 10.5. The number of nitrogens with zero attached hydrogens (tertiary/aromatic N) is 1. The number of amides is 1. The van der Waals surface area contributed by atoms with E-state index in [0.717, 1.165) is 0 Å². The molecule has 0 saturated heterocycles. The van der Waals surface area contributed by atoms with Crippen LogP contribution < -0.4 is 5.32 Å². The van der Waals surface area contributed by atoms with Gasteiger partial charge in [-0.25, -0.2) is 4.39 Å². The molecule has 3 nitrogen and oxygen atoms in total. The third-order valence-electron chi connectivity index (χ3n) is 2.98. The molecule has 1 unspecified atom stereocenters. The summed E-state index contributed by atoms with van der Waals surface area (Å²) in [6.07, 6.45) is 0.529. The number of benzene rings is 2. The van der Waals surface area contributed by atoms with E-state index in [0.29, 0.717) is 22.8 Å². The third kappa shape index (κ3) is 2.55. The predicted octanol–water partition coefficient (Wildman–Crippen LogP) is 3.01. The monoisotopic (exact) mass is 256 g/mol. The molecule has 0 heterocycles. The maximum atomic E-state index is 13.6. The molecule has 4 heteroatoms. The van der Waals surface area contributed by atoms with Gasteiger partial charge < -0.3 is 5.32 Å². The zero-order chi connectivity index (χ0) is 13.8. The average molecular weight is 256 g/mol. The Morgan fingerprint density at radius 1 is 1.32 bits per heavy atom. The van der Waals surface area contributed by atoms with Gasteiger partial charge in [0.2, 0.25) is 0 Å². The van der Waals surface area contributed by atoms with Crippen LogP contribution in [0.25, 0.3) is 10.8 Å². The van der Waals surface area contributed by atoms with Gasteiger partial charge in [-0.2, -0.15) is 5.26 Å². The molecule has 2 aromatic carbocycles. The van der Waals surface area contributed by atoms with E-state index in [1.807, 2.05) is 13.0 Å². The van der Waals surface area contributed by atoms with Gasteiger partial charge in [-0.1, -0.05) is 31.2 Å². The molecule has 2 aromatic rings. The molecule has 0 aliphatic carbocycles. The van der Waals surface area contributed by atoms with E-state index >= 15 is 0 Å². The molecule has 0 aliphatic heterocycles. The van der Waals surface area contributed by atoms with Gasteiger partial charge in [-0.15, -0.1) is 0 Å². The number of carbonyl (C=O) groups excluding carboxylic acids is 1. The van der Waals surface area contributed by atoms with Gasteiger partial charge in [-0.3, -0.25) is 4.79 Å². The predicted molar refractivity (Wildman–Crippen MR) is 71.1 cm³/mol. The molecule has 19 heavy (non-hydrogen) atoms. The fourth-order valence-electron chi connectivity index (χ4n) is 1.92. The third-order valence-corrected chi connectivity index (χ3v) is 2.98. The first kappa shape index (κ1) is 13.0. The van der Waals surface area contributed by atoms with Crippen LogP contribution in [0.15, 0.2) is 36.4 Å². The molecule has 2 rings (SSSR count). The zero-order valence-corrected chi connectivity index (χ0v) is 10.5. The molecule has 96 valence electrons. The normalized spacial score (nSPS) is 11.8. The Morgan fingerprint density at radius 2 is 2.00 bits per heavy atom. The maximum absolute atomic E-state index is 13.6. The van der Waals surface area contributed by atoms with E-state index in [1.54, 1.807) is 24.3 Å². The van der Waals surface area contributed by atoms with Crippen LogP contribution in [0.2, 0.25) is 0 Å². The van der Waals surface area contributed by atoms with Crippen molar-refractivity contribution in [2.75, 3.05) is 0 Å². The molecule has 0 radical (unpaired) electrons. The Bertz CT molecular complexity index is 661. The molecule has 0 bridgehead atoms. The van der Waals surface area contributed by atoms with Crippen molar-refractivity contribution >= 4 is 16.7 Å².